The number of carbonyl (C=O) groups excluding carboxylic acids is 2. The van der Waals surface area contributed by atoms with Gasteiger partial charge in [0.2, 0.25) is 3.79 Å². The first kappa shape index (κ1) is 11.2. The SMILES string of the molecule is CC(=O)CCC(=O)C(Cl)(Cl)Cl. The number of hydrogen-bond donors (Lipinski definition) is 0. The van der Waals surface area contributed by atoms with Crippen molar-refractivity contribution in [3.8, 4) is 0 Å². The summed E-state index contributed by atoms with van der Waals surface area (Å²) in [6.45, 7) is 1.38. The van der Waals surface area contributed by atoms with Gasteiger partial charge in [-0.1, -0.05) is 34.8 Å². The molecule has 11 heavy (non-hydrogen) atoms. The van der Waals surface area contributed by atoms with Crippen LogP contribution in [0.2, 0.25) is 0 Å². The second-order valence-electron chi connectivity index (χ2n) is 2.12. The fourth-order valence-electron chi connectivity index (χ4n) is 0.431. The quantitative estimate of drug-likeness (QED) is 0.680. The van der Waals surface area contributed by atoms with Gasteiger partial charge in [0.25, 0.3) is 0 Å². The smallest absolute Gasteiger partial charge is 0.248 e. The molecule has 0 aliphatic rings. The molecular formula is C6H7Cl3O2. The standard InChI is InChI=1S/C6H7Cl3O2/c1-4(10)2-3-5(11)6(7,8)9/h2-3H2,1H3. The Morgan fingerprint density at radius 1 is 1.18 bits per heavy atom. The van der Waals surface area contributed by atoms with Crippen molar-refractivity contribution in [1.29, 1.82) is 0 Å². The summed E-state index contributed by atoms with van der Waals surface area (Å²) in [7, 11) is 0. The normalized spacial score (nSPS) is 11.3. The minimum Gasteiger partial charge on any atom is -0.300 e. The van der Waals surface area contributed by atoms with Gasteiger partial charge >= 0.3 is 0 Å². The van der Waals surface area contributed by atoms with Crippen molar-refractivity contribution < 1.29 is 9.59 Å². The van der Waals surface area contributed by atoms with Crippen LogP contribution < -0.4 is 0 Å². The maximum absolute atomic E-state index is 10.8. The second-order valence-corrected chi connectivity index (χ2v) is 4.40. The van der Waals surface area contributed by atoms with E-state index in [-0.39, 0.29) is 18.6 Å². The summed E-state index contributed by atoms with van der Waals surface area (Å²) in [5, 5.41) is 0. The molecular weight excluding hydrogens is 210 g/mol. The van der Waals surface area contributed by atoms with Crippen LogP contribution in [0.4, 0.5) is 0 Å². The minimum atomic E-state index is -1.88. The number of halogens is 3. The van der Waals surface area contributed by atoms with Crippen LogP contribution in [-0.4, -0.2) is 15.4 Å². The van der Waals surface area contributed by atoms with Gasteiger partial charge in [-0.25, -0.2) is 0 Å². The molecule has 0 N–H and O–H groups in total. The van der Waals surface area contributed by atoms with Crippen molar-refractivity contribution in [1.82, 2.24) is 0 Å². The van der Waals surface area contributed by atoms with Crippen LogP contribution in [0, 0.1) is 0 Å². The lowest BCUT2D eigenvalue weighted by Gasteiger charge is -2.07. The Morgan fingerprint density at radius 3 is 1.91 bits per heavy atom. The second kappa shape index (κ2) is 4.29. The molecule has 0 atom stereocenters. The molecule has 0 bridgehead atoms. The maximum Gasteiger partial charge on any atom is 0.248 e. The molecule has 0 rings (SSSR count). The van der Waals surface area contributed by atoms with Crippen molar-refractivity contribution in [3.63, 3.8) is 0 Å². The van der Waals surface area contributed by atoms with Crippen LogP contribution in [-0.2, 0) is 9.59 Å². The molecule has 0 fully saturated rings. The summed E-state index contributed by atoms with van der Waals surface area (Å²) in [4.78, 5) is 21.2. The van der Waals surface area contributed by atoms with E-state index in [1.165, 1.54) is 6.92 Å². The van der Waals surface area contributed by atoms with E-state index in [4.69, 9.17) is 34.8 Å². The van der Waals surface area contributed by atoms with Crippen LogP contribution in [0.25, 0.3) is 0 Å². The fourth-order valence-corrected chi connectivity index (χ4v) is 0.715. The first-order valence-electron chi connectivity index (χ1n) is 2.93. The van der Waals surface area contributed by atoms with E-state index in [1.54, 1.807) is 0 Å². The Hall–Kier alpha value is 0.210. The van der Waals surface area contributed by atoms with Crippen LogP contribution in [0.15, 0.2) is 0 Å². The summed E-state index contributed by atoms with van der Waals surface area (Å²) < 4.78 is -1.88. The van der Waals surface area contributed by atoms with Gasteiger partial charge in [0.1, 0.15) is 5.78 Å². The van der Waals surface area contributed by atoms with Crippen LogP contribution in [0.1, 0.15) is 19.8 Å². The van der Waals surface area contributed by atoms with Gasteiger partial charge in [-0.05, 0) is 6.92 Å². The summed E-state index contributed by atoms with van der Waals surface area (Å²) >= 11 is 15.7. The van der Waals surface area contributed by atoms with E-state index in [2.05, 4.69) is 0 Å². The third-order valence-electron chi connectivity index (χ3n) is 1.02. The van der Waals surface area contributed by atoms with Crippen molar-refractivity contribution in [3.05, 3.63) is 0 Å². The van der Waals surface area contributed by atoms with E-state index >= 15 is 0 Å². The molecule has 0 saturated heterocycles. The van der Waals surface area contributed by atoms with Gasteiger partial charge in [-0.3, -0.25) is 4.79 Å². The molecule has 64 valence electrons. The van der Waals surface area contributed by atoms with E-state index < -0.39 is 9.58 Å². The lowest BCUT2D eigenvalue weighted by Crippen LogP contribution is -2.19. The molecule has 0 aromatic rings. The summed E-state index contributed by atoms with van der Waals surface area (Å²) in [6, 6.07) is 0. The fraction of sp³-hybridized carbons (Fsp3) is 0.667. The van der Waals surface area contributed by atoms with Gasteiger partial charge in [0.05, 0.1) is 0 Å². The molecule has 0 aliphatic heterocycles. The zero-order valence-electron chi connectivity index (χ0n) is 5.86. The molecule has 0 spiro atoms. The number of hydrogen-bond acceptors (Lipinski definition) is 2. The molecule has 0 aliphatic carbocycles. The third kappa shape index (κ3) is 5.48. The Bertz CT molecular complexity index is 171. The van der Waals surface area contributed by atoms with Gasteiger partial charge in [0, 0.05) is 12.8 Å². The predicted octanol–water partition coefficient (Wildman–Crippen LogP) is 2.29. The number of rotatable bonds is 3. The van der Waals surface area contributed by atoms with Crippen molar-refractivity contribution in [2.45, 2.75) is 23.6 Å². The van der Waals surface area contributed by atoms with E-state index in [0.29, 0.717) is 0 Å². The van der Waals surface area contributed by atoms with Gasteiger partial charge in [0.15, 0.2) is 5.78 Å². The lowest BCUT2D eigenvalue weighted by atomic mass is 10.2. The van der Waals surface area contributed by atoms with Gasteiger partial charge in [-0.2, -0.15) is 0 Å². The van der Waals surface area contributed by atoms with E-state index in [9.17, 15) is 9.59 Å². The van der Waals surface area contributed by atoms with Crippen LogP contribution >= 0.6 is 34.8 Å². The zero-order valence-corrected chi connectivity index (χ0v) is 8.13. The Balaban J connectivity index is 3.80. The van der Waals surface area contributed by atoms with Crippen molar-refractivity contribution in [2.75, 3.05) is 0 Å². The summed E-state index contributed by atoms with van der Waals surface area (Å²) in [6.07, 6.45) is 0.124. The lowest BCUT2D eigenvalue weighted by molar-refractivity contribution is -0.122. The van der Waals surface area contributed by atoms with Gasteiger partial charge < -0.3 is 4.79 Å². The molecule has 0 heterocycles. The molecule has 0 aromatic carbocycles. The predicted molar refractivity (Wildman–Crippen MR) is 45.2 cm³/mol. The van der Waals surface area contributed by atoms with E-state index in [1.807, 2.05) is 0 Å². The Kier molecular flexibility index (Phi) is 4.37. The Labute approximate surface area is 79.8 Å². The molecule has 0 unspecified atom stereocenters. The number of ketones is 2. The number of Topliss-reactive ketones (excluding diaryl/α,β-unsaturated/α-hetero) is 2. The molecule has 2 nitrogen and oxygen atoms in total. The Morgan fingerprint density at radius 2 is 1.64 bits per heavy atom. The maximum atomic E-state index is 10.8. The number of carbonyl (C=O) groups is 2. The highest BCUT2D eigenvalue weighted by atomic mass is 35.6. The third-order valence-corrected chi connectivity index (χ3v) is 1.65. The van der Waals surface area contributed by atoms with E-state index in [0.717, 1.165) is 0 Å². The first-order chi connectivity index (χ1) is 4.84. The topological polar surface area (TPSA) is 34.1 Å². The molecule has 5 heteroatoms. The molecule has 0 amide bonds. The molecule has 0 saturated carbocycles. The molecule has 0 radical (unpaired) electrons. The highest BCUT2D eigenvalue weighted by molar-refractivity contribution is 6.76. The summed E-state index contributed by atoms with van der Waals surface area (Å²) in [5.41, 5.74) is 0. The number of alkyl halides is 3. The zero-order chi connectivity index (χ0) is 9.07. The van der Waals surface area contributed by atoms with Gasteiger partial charge in [-0.15, -0.1) is 0 Å². The molecule has 0 aromatic heterocycles. The van der Waals surface area contributed by atoms with Crippen LogP contribution in [0.3, 0.4) is 0 Å². The highest BCUT2D eigenvalue weighted by Gasteiger charge is 2.29. The van der Waals surface area contributed by atoms with Crippen molar-refractivity contribution >= 4 is 46.4 Å². The average Bonchev–Trinajstić information content (AvgIpc) is 1.80. The van der Waals surface area contributed by atoms with Crippen LogP contribution in [0.5, 0.6) is 0 Å². The first-order valence-corrected chi connectivity index (χ1v) is 4.07. The monoisotopic (exact) mass is 216 g/mol. The largest absolute Gasteiger partial charge is 0.300 e. The minimum absolute atomic E-state index is 0.00810. The highest BCUT2D eigenvalue weighted by Crippen LogP contribution is 2.28. The average molecular weight is 217 g/mol. The summed E-state index contributed by atoms with van der Waals surface area (Å²) in [5.74, 6) is -0.634. The van der Waals surface area contributed by atoms with Crippen molar-refractivity contribution in [2.24, 2.45) is 0 Å².